The number of fused-ring (bicyclic) bond motifs is 1. The molecule has 1 aliphatic heterocycles. The molecular weight excluding hydrogens is 236 g/mol. The van der Waals surface area contributed by atoms with Gasteiger partial charge in [-0.25, -0.2) is 10.4 Å². The Kier molecular flexibility index (Phi) is 3.38. The number of carboxylic acid groups (broad SMARTS) is 1. The molecule has 1 aromatic carbocycles. The van der Waals surface area contributed by atoms with Gasteiger partial charge in [-0.3, -0.25) is 14.4 Å². The minimum absolute atomic E-state index is 0.00380. The number of imide groups is 1. The SMILES string of the molecule is O=C(O)CCCNN1C(=O)c2ccccc2C1=O. The summed E-state index contributed by atoms with van der Waals surface area (Å²) in [6.07, 6.45) is 0.346. The summed E-state index contributed by atoms with van der Waals surface area (Å²) >= 11 is 0. The van der Waals surface area contributed by atoms with E-state index in [2.05, 4.69) is 5.43 Å². The molecule has 2 N–H and O–H groups in total. The summed E-state index contributed by atoms with van der Waals surface area (Å²) in [6.45, 7) is 0.262. The zero-order valence-electron chi connectivity index (χ0n) is 9.55. The van der Waals surface area contributed by atoms with Gasteiger partial charge in [-0.1, -0.05) is 12.1 Å². The van der Waals surface area contributed by atoms with Gasteiger partial charge in [0.1, 0.15) is 0 Å². The van der Waals surface area contributed by atoms with Gasteiger partial charge in [-0.15, -0.1) is 0 Å². The van der Waals surface area contributed by atoms with E-state index in [1.807, 2.05) is 0 Å². The van der Waals surface area contributed by atoms with Crippen LogP contribution in [0, 0.1) is 0 Å². The fourth-order valence-corrected chi connectivity index (χ4v) is 1.76. The van der Waals surface area contributed by atoms with Gasteiger partial charge in [0.05, 0.1) is 11.1 Å². The first-order chi connectivity index (χ1) is 8.61. The highest BCUT2D eigenvalue weighted by molar-refractivity contribution is 6.20. The zero-order valence-corrected chi connectivity index (χ0v) is 9.55. The number of carbonyl (C=O) groups excluding carboxylic acids is 2. The summed E-state index contributed by atoms with van der Waals surface area (Å²) in [5.74, 6) is -1.70. The maximum absolute atomic E-state index is 11.9. The van der Waals surface area contributed by atoms with E-state index < -0.39 is 17.8 Å². The molecule has 6 nitrogen and oxygen atoms in total. The standard InChI is InChI=1S/C12H12N2O4/c15-10(16)6-3-7-13-14-11(17)8-4-1-2-5-9(8)12(14)18/h1-2,4-5,13H,3,6-7H2,(H,15,16). The fraction of sp³-hybridized carbons (Fsp3) is 0.250. The van der Waals surface area contributed by atoms with Crippen LogP contribution in [0.2, 0.25) is 0 Å². The number of benzene rings is 1. The number of hydrogen-bond donors (Lipinski definition) is 2. The van der Waals surface area contributed by atoms with Crippen LogP contribution in [0.25, 0.3) is 0 Å². The summed E-state index contributed by atoms with van der Waals surface area (Å²) in [6, 6.07) is 6.57. The molecule has 0 fully saturated rings. The van der Waals surface area contributed by atoms with Crippen LogP contribution in [-0.4, -0.2) is 34.4 Å². The molecule has 0 spiro atoms. The van der Waals surface area contributed by atoms with E-state index in [4.69, 9.17) is 5.11 Å². The lowest BCUT2D eigenvalue weighted by Gasteiger charge is -2.14. The minimum Gasteiger partial charge on any atom is -0.481 e. The van der Waals surface area contributed by atoms with E-state index in [0.717, 1.165) is 5.01 Å². The second kappa shape index (κ2) is 4.97. The van der Waals surface area contributed by atoms with Crippen LogP contribution in [0.5, 0.6) is 0 Å². The van der Waals surface area contributed by atoms with Gasteiger partial charge >= 0.3 is 5.97 Å². The van der Waals surface area contributed by atoms with Crippen molar-refractivity contribution in [2.45, 2.75) is 12.8 Å². The Bertz CT molecular complexity index is 478. The molecule has 0 bridgehead atoms. The molecule has 2 amide bonds. The van der Waals surface area contributed by atoms with Crippen LogP contribution < -0.4 is 5.43 Å². The number of rotatable bonds is 5. The van der Waals surface area contributed by atoms with Gasteiger partial charge in [-0.2, -0.15) is 0 Å². The number of nitrogens with one attached hydrogen (secondary N) is 1. The maximum atomic E-state index is 11.9. The highest BCUT2D eigenvalue weighted by atomic mass is 16.4. The fourth-order valence-electron chi connectivity index (χ4n) is 1.76. The Labute approximate surface area is 103 Å². The molecule has 0 radical (unpaired) electrons. The van der Waals surface area contributed by atoms with Crippen molar-refractivity contribution in [2.24, 2.45) is 0 Å². The van der Waals surface area contributed by atoms with E-state index >= 15 is 0 Å². The molecule has 2 rings (SSSR count). The number of hydrazine groups is 1. The summed E-state index contributed by atoms with van der Waals surface area (Å²) in [5.41, 5.74) is 3.39. The van der Waals surface area contributed by atoms with Gasteiger partial charge in [0.15, 0.2) is 0 Å². The largest absolute Gasteiger partial charge is 0.481 e. The molecule has 94 valence electrons. The lowest BCUT2D eigenvalue weighted by molar-refractivity contribution is -0.137. The molecule has 18 heavy (non-hydrogen) atoms. The molecular formula is C12H12N2O4. The predicted molar refractivity (Wildman–Crippen MR) is 61.8 cm³/mol. The van der Waals surface area contributed by atoms with Crippen LogP contribution in [0.15, 0.2) is 24.3 Å². The molecule has 1 heterocycles. The lowest BCUT2D eigenvalue weighted by Crippen LogP contribution is -2.42. The van der Waals surface area contributed by atoms with Crippen LogP contribution >= 0.6 is 0 Å². The van der Waals surface area contributed by atoms with E-state index in [9.17, 15) is 14.4 Å². The van der Waals surface area contributed by atoms with Crippen molar-refractivity contribution >= 4 is 17.8 Å². The molecule has 6 heteroatoms. The van der Waals surface area contributed by atoms with E-state index in [1.165, 1.54) is 0 Å². The number of nitrogens with zero attached hydrogens (tertiary/aromatic N) is 1. The molecule has 0 saturated carbocycles. The van der Waals surface area contributed by atoms with E-state index in [-0.39, 0.29) is 13.0 Å². The third-order valence-electron chi connectivity index (χ3n) is 2.63. The molecule has 0 unspecified atom stereocenters. The number of aliphatic carboxylic acids is 1. The summed E-state index contributed by atoms with van der Waals surface area (Å²) in [4.78, 5) is 34.1. The smallest absolute Gasteiger partial charge is 0.303 e. The lowest BCUT2D eigenvalue weighted by atomic mass is 10.1. The van der Waals surface area contributed by atoms with Crippen molar-refractivity contribution in [1.29, 1.82) is 0 Å². The number of carbonyl (C=O) groups is 3. The van der Waals surface area contributed by atoms with Crippen LogP contribution in [0.4, 0.5) is 0 Å². The molecule has 0 saturated heterocycles. The summed E-state index contributed by atoms with van der Waals surface area (Å²) in [7, 11) is 0. The van der Waals surface area contributed by atoms with Gasteiger partial charge in [-0.05, 0) is 18.6 Å². The van der Waals surface area contributed by atoms with Crippen molar-refractivity contribution in [1.82, 2.24) is 10.4 Å². The predicted octanol–water partition coefficient (Wildman–Crippen LogP) is 0.652. The molecule has 1 aromatic rings. The second-order valence-corrected chi connectivity index (χ2v) is 3.90. The minimum atomic E-state index is -0.904. The highest BCUT2D eigenvalue weighted by Gasteiger charge is 2.34. The Balaban J connectivity index is 1.99. The topological polar surface area (TPSA) is 86.7 Å². The summed E-state index contributed by atoms with van der Waals surface area (Å²) < 4.78 is 0. The Morgan fingerprint density at radius 1 is 1.17 bits per heavy atom. The monoisotopic (exact) mass is 248 g/mol. The number of hydrogen-bond acceptors (Lipinski definition) is 4. The molecule has 1 aliphatic rings. The van der Waals surface area contributed by atoms with Crippen molar-refractivity contribution < 1.29 is 19.5 Å². The normalized spacial score (nSPS) is 13.9. The van der Waals surface area contributed by atoms with E-state index in [1.54, 1.807) is 24.3 Å². The molecule has 0 aliphatic carbocycles. The third kappa shape index (κ3) is 2.23. The van der Waals surface area contributed by atoms with Crippen molar-refractivity contribution in [2.75, 3.05) is 6.54 Å². The first-order valence-electron chi connectivity index (χ1n) is 5.54. The zero-order chi connectivity index (χ0) is 13.1. The van der Waals surface area contributed by atoms with E-state index in [0.29, 0.717) is 17.5 Å². The maximum Gasteiger partial charge on any atom is 0.303 e. The third-order valence-corrected chi connectivity index (χ3v) is 2.63. The first-order valence-corrected chi connectivity index (χ1v) is 5.54. The van der Waals surface area contributed by atoms with Gasteiger partial charge < -0.3 is 5.11 Å². The number of amides is 2. The average molecular weight is 248 g/mol. The second-order valence-electron chi connectivity index (χ2n) is 3.90. The molecule has 0 aromatic heterocycles. The van der Waals surface area contributed by atoms with Crippen LogP contribution in [0.1, 0.15) is 33.6 Å². The molecule has 0 atom stereocenters. The number of carboxylic acids is 1. The van der Waals surface area contributed by atoms with Crippen molar-refractivity contribution in [3.8, 4) is 0 Å². The van der Waals surface area contributed by atoms with Gasteiger partial charge in [0.2, 0.25) is 0 Å². The van der Waals surface area contributed by atoms with Gasteiger partial charge in [0, 0.05) is 13.0 Å². The van der Waals surface area contributed by atoms with Crippen LogP contribution in [-0.2, 0) is 4.79 Å². The summed E-state index contributed by atoms with van der Waals surface area (Å²) in [5, 5.41) is 9.41. The quantitative estimate of drug-likeness (QED) is 0.590. The van der Waals surface area contributed by atoms with Crippen molar-refractivity contribution in [3.63, 3.8) is 0 Å². The Hall–Kier alpha value is -2.21. The highest BCUT2D eigenvalue weighted by Crippen LogP contribution is 2.20. The van der Waals surface area contributed by atoms with Crippen LogP contribution in [0.3, 0.4) is 0 Å². The van der Waals surface area contributed by atoms with Gasteiger partial charge in [0.25, 0.3) is 11.8 Å². The van der Waals surface area contributed by atoms with Crippen molar-refractivity contribution in [3.05, 3.63) is 35.4 Å². The average Bonchev–Trinajstić information content (AvgIpc) is 2.59. The first kappa shape index (κ1) is 12.3. The Morgan fingerprint density at radius 2 is 1.72 bits per heavy atom. The Morgan fingerprint density at radius 3 is 2.22 bits per heavy atom.